The number of hydrogen-bond acceptors (Lipinski definition) is 4. The number of thiophene rings is 1. The van der Waals surface area contributed by atoms with E-state index in [4.69, 9.17) is 5.11 Å². The van der Waals surface area contributed by atoms with E-state index >= 15 is 0 Å². The van der Waals surface area contributed by atoms with Crippen LogP contribution in [0.25, 0.3) is 10.1 Å². The van der Waals surface area contributed by atoms with Crippen LogP contribution in [-0.4, -0.2) is 35.4 Å². The van der Waals surface area contributed by atoms with Crippen molar-refractivity contribution in [2.75, 3.05) is 13.2 Å². The third kappa shape index (κ3) is 2.53. The summed E-state index contributed by atoms with van der Waals surface area (Å²) in [5.74, 6) is -0.207. The lowest BCUT2D eigenvalue weighted by molar-refractivity contribution is 0.0804. The van der Waals surface area contributed by atoms with Crippen molar-refractivity contribution < 1.29 is 15.0 Å². The Morgan fingerprint density at radius 1 is 1.44 bits per heavy atom. The summed E-state index contributed by atoms with van der Waals surface area (Å²) in [5.41, 5.74) is 0.951. The average Bonchev–Trinajstić information content (AvgIpc) is 2.73. The lowest BCUT2D eigenvalue weighted by atomic mass is 10.1. The highest BCUT2D eigenvalue weighted by Crippen LogP contribution is 2.30. The van der Waals surface area contributed by atoms with Crippen molar-refractivity contribution in [3.05, 3.63) is 34.7 Å². The van der Waals surface area contributed by atoms with Crippen LogP contribution in [0.2, 0.25) is 0 Å². The van der Waals surface area contributed by atoms with Crippen molar-refractivity contribution in [3.63, 3.8) is 0 Å². The second kappa shape index (κ2) is 5.48. The predicted molar refractivity (Wildman–Crippen MR) is 72.0 cm³/mol. The molecule has 0 fully saturated rings. The Morgan fingerprint density at radius 2 is 2.17 bits per heavy atom. The molecule has 0 aliphatic carbocycles. The third-order valence-corrected chi connectivity index (χ3v) is 4.03. The highest BCUT2D eigenvalue weighted by molar-refractivity contribution is 7.21. The number of amides is 1. The van der Waals surface area contributed by atoms with Crippen LogP contribution in [0.4, 0.5) is 0 Å². The third-order valence-electron chi connectivity index (χ3n) is 2.76. The van der Waals surface area contributed by atoms with Gasteiger partial charge in [-0.3, -0.25) is 4.79 Å². The molecule has 0 bridgehead atoms. The largest absolute Gasteiger partial charge is 0.394 e. The van der Waals surface area contributed by atoms with Crippen LogP contribution >= 0.6 is 11.3 Å². The summed E-state index contributed by atoms with van der Waals surface area (Å²) < 4.78 is 1.07. The van der Waals surface area contributed by atoms with Crippen molar-refractivity contribution in [1.82, 2.24) is 5.32 Å². The van der Waals surface area contributed by atoms with E-state index in [9.17, 15) is 9.90 Å². The molecule has 0 aliphatic heterocycles. The van der Waals surface area contributed by atoms with Gasteiger partial charge in [0.1, 0.15) is 0 Å². The molecule has 1 unspecified atom stereocenters. The lowest BCUT2D eigenvalue weighted by Crippen LogP contribution is -2.33. The molecule has 96 valence electrons. The van der Waals surface area contributed by atoms with Gasteiger partial charge in [-0.05, 0) is 23.9 Å². The van der Waals surface area contributed by atoms with Crippen LogP contribution in [0, 0.1) is 6.92 Å². The molecule has 1 atom stereocenters. The molecule has 0 aliphatic rings. The van der Waals surface area contributed by atoms with Crippen LogP contribution in [0.3, 0.4) is 0 Å². The molecule has 5 heteroatoms. The number of fused-ring (bicyclic) bond motifs is 1. The zero-order valence-electron chi connectivity index (χ0n) is 10.0. The Balaban J connectivity index is 2.20. The fourth-order valence-electron chi connectivity index (χ4n) is 1.75. The first-order valence-corrected chi connectivity index (χ1v) is 6.50. The Hall–Kier alpha value is -1.43. The standard InChI is InChI=1S/C13H15NO3S/c1-8-10-4-2-3-5-11(10)18-12(8)13(17)14-6-9(16)7-15/h2-5,9,15-16H,6-7H2,1H3,(H,14,17). The maximum absolute atomic E-state index is 12.0. The molecular weight excluding hydrogens is 250 g/mol. The fourth-order valence-corrected chi connectivity index (χ4v) is 2.87. The monoisotopic (exact) mass is 265 g/mol. The number of nitrogens with one attached hydrogen (secondary N) is 1. The number of carbonyl (C=O) groups excluding carboxylic acids is 1. The molecule has 1 amide bonds. The summed E-state index contributed by atoms with van der Waals surface area (Å²) in [4.78, 5) is 12.6. The zero-order chi connectivity index (χ0) is 13.1. The van der Waals surface area contributed by atoms with E-state index < -0.39 is 6.10 Å². The molecule has 18 heavy (non-hydrogen) atoms. The Kier molecular flexibility index (Phi) is 3.96. The van der Waals surface area contributed by atoms with Crippen molar-refractivity contribution in [1.29, 1.82) is 0 Å². The zero-order valence-corrected chi connectivity index (χ0v) is 10.8. The lowest BCUT2D eigenvalue weighted by Gasteiger charge is -2.08. The number of hydrogen-bond donors (Lipinski definition) is 3. The number of aliphatic hydroxyl groups excluding tert-OH is 2. The van der Waals surface area contributed by atoms with Gasteiger partial charge in [-0.25, -0.2) is 0 Å². The van der Waals surface area contributed by atoms with E-state index in [1.54, 1.807) is 0 Å². The normalized spacial score (nSPS) is 12.6. The van der Waals surface area contributed by atoms with Gasteiger partial charge < -0.3 is 15.5 Å². The molecule has 0 radical (unpaired) electrons. The summed E-state index contributed by atoms with van der Waals surface area (Å²) in [6.45, 7) is 1.62. The predicted octanol–water partition coefficient (Wildman–Crippen LogP) is 1.29. The van der Waals surface area contributed by atoms with E-state index in [2.05, 4.69) is 5.32 Å². The summed E-state index contributed by atoms with van der Waals surface area (Å²) in [6.07, 6.45) is -0.913. The summed E-state index contributed by atoms with van der Waals surface area (Å²) >= 11 is 1.44. The number of aryl methyl sites for hydroxylation is 1. The van der Waals surface area contributed by atoms with Gasteiger partial charge in [0.2, 0.25) is 0 Å². The minimum Gasteiger partial charge on any atom is -0.394 e. The van der Waals surface area contributed by atoms with Crippen molar-refractivity contribution in [3.8, 4) is 0 Å². The summed E-state index contributed by atoms with van der Waals surface area (Å²) in [5, 5.41) is 21.6. The first-order valence-electron chi connectivity index (χ1n) is 5.68. The Morgan fingerprint density at radius 3 is 2.83 bits per heavy atom. The highest BCUT2D eigenvalue weighted by atomic mass is 32.1. The van der Waals surface area contributed by atoms with E-state index in [1.807, 2.05) is 31.2 Å². The quantitative estimate of drug-likeness (QED) is 0.780. The number of carbonyl (C=O) groups is 1. The highest BCUT2D eigenvalue weighted by Gasteiger charge is 2.15. The van der Waals surface area contributed by atoms with Crippen molar-refractivity contribution >= 4 is 27.3 Å². The Bertz CT molecular complexity index is 564. The molecule has 0 saturated carbocycles. The second-order valence-electron chi connectivity index (χ2n) is 4.10. The topological polar surface area (TPSA) is 69.6 Å². The van der Waals surface area contributed by atoms with Crippen LogP contribution in [-0.2, 0) is 0 Å². The van der Waals surface area contributed by atoms with E-state index in [-0.39, 0.29) is 19.1 Å². The van der Waals surface area contributed by atoms with Gasteiger partial charge >= 0.3 is 0 Å². The molecule has 4 nitrogen and oxygen atoms in total. The summed E-state index contributed by atoms with van der Waals surface area (Å²) in [6, 6.07) is 7.85. The molecule has 0 spiro atoms. The smallest absolute Gasteiger partial charge is 0.261 e. The van der Waals surface area contributed by atoms with Crippen LogP contribution in [0.15, 0.2) is 24.3 Å². The van der Waals surface area contributed by atoms with Gasteiger partial charge in [0, 0.05) is 11.2 Å². The number of aliphatic hydroxyl groups is 2. The number of rotatable bonds is 4. The molecular formula is C13H15NO3S. The maximum Gasteiger partial charge on any atom is 0.261 e. The van der Waals surface area contributed by atoms with Gasteiger partial charge in [-0.2, -0.15) is 0 Å². The molecule has 1 heterocycles. The average molecular weight is 265 g/mol. The van der Waals surface area contributed by atoms with Gasteiger partial charge in [0.05, 0.1) is 17.6 Å². The molecule has 2 aromatic rings. The first kappa shape index (κ1) is 13.0. The van der Waals surface area contributed by atoms with Gasteiger partial charge in [0.15, 0.2) is 0 Å². The van der Waals surface area contributed by atoms with E-state index in [0.717, 1.165) is 15.6 Å². The Labute approximate surface area is 109 Å². The summed E-state index contributed by atoms with van der Waals surface area (Å²) in [7, 11) is 0. The van der Waals surface area contributed by atoms with Crippen molar-refractivity contribution in [2.24, 2.45) is 0 Å². The van der Waals surface area contributed by atoms with Crippen LogP contribution in [0.5, 0.6) is 0 Å². The van der Waals surface area contributed by atoms with Crippen LogP contribution in [0.1, 0.15) is 15.2 Å². The van der Waals surface area contributed by atoms with Crippen molar-refractivity contribution in [2.45, 2.75) is 13.0 Å². The fraction of sp³-hybridized carbons (Fsp3) is 0.308. The first-order chi connectivity index (χ1) is 8.63. The number of benzene rings is 1. The maximum atomic E-state index is 12.0. The second-order valence-corrected chi connectivity index (χ2v) is 5.15. The SMILES string of the molecule is Cc1c(C(=O)NCC(O)CO)sc2ccccc12. The molecule has 1 aromatic heterocycles. The molecule has 1 aromatic carbocycles. The van der Waals surface area contributed by atoms with Gasteiger partial charge in [0.25, 0.3) is 5.91 Å². The molecule has 2 rings (SSSR count). The van der Waals surface area contributed by atoms with E-state index in [1.165, 1.54) is 11.3 Å². The van der Waals surface area contributed by atoms with Crippen LogP contribution < -0.4 is 5.32 Å². The minimum absolute atomic E-state index is 0.0586. The van der Waals surface area contributed by atoms with Gasteiger partial charge in [-0.1, -0.05) is 18.2 Å². The van der Waals surface area contributed by atoms with Gasteiger partial charge in [-0.15, -0.1) is 11.3 Å². The minimum atomic E-state index is -0.913. The molecule has 0 saturated heterocycles. The molecule has 3 N–H and O–H groups in total. The van der Waals surface area contributed by atoms with E-state index in [0.29, 0.717) is 4.88 Å².